The number of halogens is 1. The average Bonchev–Trinajstić information content (AvgIpc) is 2.36. The molecule has 0 heterocycles. The van der Waals surface area contributed by atoms with Crippen molar-refractivity contribution >= 4 is 27.5 Å². The molecule has 0 aliphatic heterocycles. The molecule has 0 aliphatic rings. The topological polar surface area (TPSA) is 55.1 Å². The summed E-state index contributed by atoms with van der Waals surface area (Å²) in [5.41, 5.74) is 6.69. The summed E-state index contributed by atoms with van der Waals surface area (Å²) in [5, 5.41) is 2.93. The van der Waals surface area contributed by atoms with Gasteiger partial charge in [-0.1, -0.05) is 36.7 Å². The lowest BCUT2D eigenvalue weighted by Crippen LogP contribution is -2.25. The van der Waals surface area contributed by atoms with Crippen LogP contribution in [0, 0.1) is 11.3 Å². The molecule has 1 unspecified atom stereocenters. The first-order valence-electron chi connectivity index (χ1n) is 7.08. The summed E-state index contributed by atoms with van der Waals surface area (Å²) in [4.78, 5) is 12.0. The summed E-state index contributed by atoms with van der Waals surface area (Å²) in [5.74, 6) is 0.543. The largest absolute Gasteiger partial charge is 0.330 e. The van der Waals surface area contributed by atoms with Crippen molar-refractivity contribution in [1.82, 2.24) is 0 Å². The maximum Gasteiger partial charge on any atom is 0.224 e. The highest BCUT2D eigenvalue weighted by Gasteiger charge is 2.24. The average molecular weight is 341 g/mol. The van der Waals surface area contributed by atoms with Crippen LogP contribution in [0.15, 0.2) is 28.7 Å². The number of nitrogens with two attached hydrogens (primary N) is 1. The van der Waals surface area contributed by atoms with E-state index in [0.717, 1.165) is 23.0 Å². The van der Waals surface area contributed by atoms with Gasteiger partial charge in [-0.15, -0.1) is 0 Å². The number of anilines is 1. The highest BCUT2D eigenvalue weighted by Crippen LogP contribution is 2.32. The van der Waals surface area contributed by atoms with Crippen molar-refractivity contribution in [2.24, 2.45) is 17.1 Å². The third-order valence-electron chi connectivity index (χ3n) is 3.59. The Labute approximate surface area is 130 Å². The van der Waals surface area contributed by atoms with Crippen LogP contribution in [0.4, 0.5) is 5.69 Å². The number of hydrogen-bond donors (Lipinski definition) is 2. The highest BCUT2D eigenvalue weighted by molar-refractivity contribution is 9.10. The second kappa shape index (κ2) is 7.79. The van der Waals surface area contributed by atoms with E-state index in [1.165, 1.54) is 0 Å². The van der Waals surface area contributed by atoms with Gasteiger partial charge in [0.15, 0.2) is 0 Å². The Kier molecular flexibility index (Phi) is 6.69. The zero-order chi connectivity index (χ0) is 15.2. The second-order valence-corrected chi connectivity index (χ2v) is 7.15. The van der Waals surface area contributed by atoms with Gasteiger partial charge in [-0.2, -0.15) is 0 Å². The van der Waals surface area contributed by atoms with Gasteiger partial charge in [0.1, 0.15) is 0 Å². The molecular weight excluding hydrogens is 316 g/mol. The van der Waals surface area contributed by atoms with E-state index in [4.69, 9.17) is 5.73 Å². The van der Waals surface area contributed by atoms with Gasteiger partial charge in [0.25, 0.3) is 0 Å². The van der Waals surface area contributed by atoms with Crippen molar-refractivity contribution in [3.8, 4) is 0 Å². The van der Waals surface area contributed by atoms with Crippen molar-refractivity contribution in [3.05, 3.63) is 28.7 Å². The van der Waals surface area contributed by atoms with E-state index in [1.54, 1.807) is 0 Å². The molecule has 0 radical (unpaired) electrons. The summed E-state index contributed by atoms with van der Waals surface area (Å²) in [7, 11) is 0. The van der Waals surface area contributed by atoms with Gasteiger partial charge >= 0.3 is 0 Å². The molecule has 3 nitrogen and oxygen atoms in total. The molecule has 0 saturated heterocycles. The van der Waals surface area contributed by atoms with E-state index in [1.807, 2.05) is 24.3 Å². The van der Waals surface area contributed by atoms with Crippen molar-refractivity contribution in [2.45, 2.75) is 40.0 Å². The third-order valence-corrected chi connectivity index (χ3v) is 4.12. The number of amides is 1. The molecule has 1 rings (SSSR count). The van der Waals surface area contributed by atoms with Crippen LogP contribution in [-0.2, 0) is 4.79 Å². The molecule has 20 heavy (non-hydrogen) atoms. The van der Waals surface area contributed by atoms with Crippen LogP contribution < -0.4 is 11.1 Å². The summed E-state index contributed by atoms with van der Waals surface area (Å²) in [6, 6.07) is 7.62. The van der Waals surface area contributed by atoms with E-state index in [-0.39, 0.29) is 11.3 Å². The molecule has 1 amide bonds. The van der Waals surface area contributed by atoms with E-state index >= 15 is 0 Å². The molecule has 1 aromatic carbocycles. The van der Waals surface area contributed by atoms with Crippen molar-refractivity contribution in [3.63, 3.8) is 0 Å². The Hall–Kier alpha value is -0.870. The van der Waals surface area contributed by atoms with Crippen molar-refractivity contribution in [1.29, 1.82) is 0 Å². The van der Waals surface area contributed by atoms with Gasteiger partial charge in [-0.25, -0.2) is 0 Å². The quantitative estimate of drug-likeness (QED) is 0.816. The molecule has 0 bridgehead atoms. The standard InChI is InChI=1S/C16H25BrN2O/c1-16(2,3)12(10-11-18)4-9-15(20)19-14-7-5-13(17)6-8-14/h5-8,12H,4,9-11,18H2,1-3H3,(H,19,20). The first-order chi connectivity index (χ1) is 9.32. The fourth-order valence-corrected chi connectivity index (χ4v) is 2.54. The van der Waals surface area contributed by atoms with Crippen LogP contribution in [0.25, 0.3) is 0 Å². The minimum atomic E-state index is 0.0681. The number of carbonyl (C=O) groups excluding carboxylic acids is 1. The SMILES string of the molecule is CC(C)(C)C(CCN)CCC(=O)Nc1ccc(Br)cc1. The number of nitrogens with one attached hydrogen (secondary N) is 1. The van der Waals surface area contributed by atoms with Crippen molar-refractivity contribution in [2.75, 3.05) is 11.9 Å². The Balaban J connectivity index is 2.47. The van der Waals surface area contributed by atoms with Gasteiger partial charge in [0.05, 0.1) is 0 Å². The first kappa shape index (κ1) is 17.2. The Morgan fingerprint density at radius 3 is 2.35 bits per heavy atom. The van der Waals surface area contributed by atoms with Crippen molar-refractivity contribution < 1.29 is 4.79 Å². The first-order valence-corrected chi connectivity index (χ1v) is 7.87. The molecule has 0 aromatic heterocycles. The summed E-state index contributed by atoms with van der Waals surface area (Å²) >= 11 is 3.38. The Morgan fingerprint density at radius 2 is 1.85 bits per heavy atom. The molecule has 1 atom stereocenters. The summed E-state index contributed by atoms with van der Waals surface area (Å²) in [6.07, 6.45) is 2.39. The van der Waals surface area contributed by atoms with Crippen LogP contribution in [0.5, 0.6) is 0 Å². The zero-order valence-electron chi connectivity index (χ0n) is 12.6. The van der Waals surface area contributed by atoms with Gasteiger partial charge in [0, 0.05) is 16.6 Å². The lowest BCUT2D eigenvalue weighted by molar-refractivity contribution is -0.116. The van der Waals surface area contributed by atoms with Crippen LogP contribution >= 0.6 is 15.9 Å². The lowest BCUT2D eigenvalue weighted by Gasteiger charge is -2.30. The molecule has 1 aromatic rings. The third kappa shape index (κ3) is 6.06. The molecule has 112 valence electrons. The fraction of sp³-hybridized carbons (Fsp3) is 0.562. The smallest absolute Gasteiger partial charge is 0.224 e. The van der Waals surface area contributed by atoms with Gasteiger partial charge in [-0.3, -0.25) is 4.79 Å². The Morgan fingerprint density at radius 1 is 1.25 bits per heavy atom. The maximum atomic E-state index is 12.0. The highest BCUT2D eigenvalue weighted by atomic mass is 79.9. The fourth-order valence-electron chi connectivity index (χ4n) is 2.27. The number of hydrogen-bond acceptors (Lipinski definition) is 2. The predicted molar refractivity (Wildman–Crippen MR) is 88.6 cm³/mol. The molecule has 0 saturated carbocycles. The molecule has 4 heteroatoms. The molecule has 0 aliphatic carbocycles. The van der Waals surface area contributed by atoms with E-state index in [9.17, 15) is 4.79 Å². The number of rotatable bonds is 6. The minimum Gasteiger partial charge on any atom is -0.330 e. The second-order valence-electron chi connectivity index (χ2n) is 6.23. The van der Waals surface area contributed by atoms with E-state index in [2.05, 4.69) is 42.0 Å². The zero-order valence-corrected chi connectivity index (χ0v) is 14.2. The monoisotopic (exact) mass is 340 g/mol. The van der Waals surface area contributed by atoms with Crippen LogP contribution in [0.1, 0.15) is 40.0 Å². The van der Waals surface area contributed by atoms with E-state index in [0.29, 0.717) is 18.9 Å². The molecule has 3 N–H and O–H groups in total. The number of benzene rings is 1. The van der Waals surface area contributed by atoms with E-state index < -0.39 is 0 Å². The lowest BCUT2D eigenvalue weighted by atomic mass is 9.76. The van der Waals surface area contributed by atoms with Crippen LogP contribution in [-0.4, -0.2) is 12.5 Å². The van der Waals surface area contributed by atoms with Crippen LogP contribution in [0.2, 0.25) is 0 Å². The van der Waals surface area contributed by atoms with Crippen LogP contribution in [0.3, 0.4) is 0 Å². The van der Waals surface area contributed by atoms with Gasteiger partial charge < -0.3 is 11.1 Å². The summed E-state index contributed by atoms with van der Waals surface area (Å²) < 4.78 is 1.01. The molecular formula is C16H25BrN2O. The minimum absolute atomic E-state index is 0.0681. The normalized spacial score (nSPS) is 13.1. The van der Waals surface area contributed by atoms with Gasteiger partial charge in [-0.05, 0) is 55.0 Å². The summed E-state index contributed by atoms with van der Waals surface area (Å²) in [6.45, 7) is 7.30. The molecule has 0 fully saturated rings. The number of carbonyl (C=O) groups is 1. The molecule has 0 spiro atoms. The predicted octanol–water partition coefficient (Wildman–Crippen LogP) is 4.18. The Bertz CT molecular complexity index is 423. The van der Waals surface area contributed by atoms with Gasteiger partial charge in [0.2, 0.25) is 5.91 Å². The maximum absolute atomic E-state index is 12.0.